The lowest BCUT2D eigenvalue weighted by Gasteiger charge is -2.47. The molecule has 0 aromatic heterocycles. The van der Waals surface area contributed by atoms with Crippen LogP contribution in [-0.4, -0.2) is 13.2 Å². The highest BCUT2D eigenvalue weighted by atomic mass is 16.5. The SMILES string of the molecule is C#CC(C)(C)C1(C)COC1. The zero-order valence-corrected chi connectivity index (χ0v) is 6.90. The summed E-state index contributed by atoms with van der Waals surface area (Å²) in [5, 5.41) is 0. The molecule has 0 radical (unpaired) electrons. The van der Waals surface area contributed by atoms with Gasteiger partial charge in [-0.05, 0) is 13.8 Å². The van der Waals surface area contributed by atoms with E-state index >= 15 is 0 Å². The van der Waals surface area contributed by atoms with Crippen molar-refractivity contribution < 1.29 is 4.74 Å². The van der Waals surface area contributed by atoms with Crippen LogP contribution in [0.15, 0.2) is 0 Å². The van der Waals surface area contributed by atoms with Gasteiger partial charge in [0, 0.05) is 10.8 Å². The van der Waals surface area contributed by atoms with Crippen molar-refractivity contribution in [2.45, 2.75) is 20.8 Å². The Morgan fingerprint density at radius 1 is 1.50 bits per heavy atom. The number of rotatable bonds is 1. The first-order valence-electron chi connectivity index (χ1n) is 3.57. The molecule has 0 aliphatic carbocycles. The first-order valence-corrected chi connectivity index (χ1v) is 3.57. The van der Waals surface area contributed by atoms with E-state index in [1.807, 2.05) is 0 Å². The van der Waals surface area contributed by atoms with Gasteiger partial charge >= 0.3 is 0 Å². The summed E-state index contributed by atoms with van der Waals surface area (Å²) in [6, 6.07) is 0. The fourth-order valence-corrected chi connectivity index (χ4v) is 0.943. The number of hydrogen-bond acceptors (Lipinski definition) is 1. The van der Waals surface area contributed by atoms with Crippen LogP contribution in [0.5, 0.6) is 0 Å². The van der Waals surface area contributed by atoms with Crippen LogP contribution in [-0.2, 0) is 4.74 Å². The minimum absolute atomic E-state index is 0.0226. The molecule has 1 saturated heterocycles. The van der Waals surface area contributed by atoms with Crippen LogP contribution in [0.25, 0.3) is 0 Å². The van der Waals surface area contributed by atoms with E-state index in [1.165, 1.54) is 0 Å². The predicted octanol–water partition coefficient (Wildman–Crippen LogP) is 1.68. The molecular weight excluding hydrogens is 124 g/mol. The lowest BCUT2D eigenvalue weighted by molar-refractivity contribution is -0.146. The fraction of sp³-hybridized carbons (Fsp3) is 0.778. The van der Waals surface area contributed by atoms with Crippen molar-refractivity contribution in [1.29, 1.82) is 0 Å². The molecule has 0 spiro atoms. The Bertz CT molecular complexity index is 170. The third-order valence-corrected chi connectivity index (χ3v) is 2.71. The van der Waals surface area contributed by atoms with Gasteiger partial charge in [-0.2, -0.15) is 0 Å². The van der Waals surface area contributed by atoms with E-state index < -0.39 is 0 Å². The molecule has 1 aliphatic heterocycles. The molecule has 10 heavy (non-hydrogen) atoms. The van der Waals surface area contributed by atoms with E-state index in [9.17, 15) is 0 Å². The molecule has 0 aromatic rings. The molecule has 56 valence electrons. The zero-order valence-electron chi connectivity index (χ0n) is 6.90. The summed E-state index contributed by atoms with van der Waals surface area (Å²) in [7, 11) is 0. The summed E-state index contributed by atoms with van der Waals surface area (Å²) in [6.45, 7) is 7.98. The average molecular weight is 138 g/mol. The summed E-state index contributed by atoms with van der Waals surface area (Å²) >= 11 is 0. The molecule has 0 aromatic carbocycles. The lowest BCUT2D eigenvalue weighted by atomic mass is 9.66. The van der Waals surface area contributed by atoms with Gasteiger partial charge in [0.05, 0.1) is 13.2 Å². The molecule has 1 heteroatoms. The van der Waals surface area contributed by atoms with Crippen molar-refractivity contribution in [3.63, 3.8) is 0 Å². The summed E-state index contributed by atoms with van der Waals surface area (Å²) in [5.74, 6) is 2.80. The average Bonchev–Trinajstić information content (AvgIpc) is 1.82. The maximum Gasteiger partial charge on any atom is 0.0556 e. The highest BCUT2D eigenvalue weighted by Crippen LogP contribution is 2.43. The Hall–Kier alpha value is -0.480. The molecule has 1 heterocycles. The summed E-state index contributed by atoms with van der Waals surface area (Å²) in [5.41, 5.74) is 0.188. The molecule has 0 N–H and O–H groups in total. The van der Waals surface area contributed by atoms with E-state index in [-0.39, 0.29) is 10.8 Å². The van der Waals surface area contributed by atoms with E-state index in [4.69, 9.17) is 11.2 Å². The Morgan fingerprint density at radius 3 is 2.10 bits per heavy atom. The minimum atomic E-state index is -0.0226. The molecule has 0 unspecified atom stereocenters. The Morgan fingerprint density at radius 2 is 2.00 bits per heavy atom. The van der Waals surface area contributed by atoms with Gasteiger partial charge in [0.1, 0.15) is 0 Å². The molecule has 1 rings (SSSR count). The van der Waals surface area contributed by atoms with Crippen LogP contribution in [0.3, 0.4) is 0 Å². The number of terminal acetylenes is 1. The highest BCUT2D eigenvalue weighted by Gasteiger charge is 2.45. The standard InChI is InChI=1S/C9H14O/c1-5-8(2,3)9(4)6-10-7-9/h1H,6-7H2,2-4H3. The van der Waals surface area contributed by atoms with E-state index in [0.717, 1.165) is 13.2 Å². The minimum Gasteiger partial charge on any atom is -0.380 e. The molecule has 0 bridgehead atoms. The van der Waals surface area contributed by atoms with Crippen LogP contribution in [0.4, 0.5) is 0 Å². The van der Waals surface area contributed by atoms with Crippen LogP contribution in [0, 0.1) is 23.2 Å². The summed E-state index contributed by atoms with van der Waals surface area (Å²) in [6.07, 6.45) is 5.40. The van der Waals surface area contributed by atoms with E-state index in [0.29, 0.717) is 0 Å². The molecule has 0 saturated carbocycles. The fourth-order valence-electron chi connectivity index (χ4n) is 0.943. The largest absolute Gasteiger partial charge is 0.380 e. The van der Waals surface area contributed by atoms with Gasteiger partial charge in [0.2, 0.25) is 0 Å². The summed E-state index contributed by atoms with van der Waals surface area (Å²) < 4.78 is 5.13. The lowest BCUT2D eigenvalue weighted by Crippen LogP contribution is -2.50. The Labute approximate surface area is 62.8 Å². The van der Waals surface area contributed by atoms with Gasteiger partial charge < -0.3 is 4.74 Å². The molecule has 1 fully saturated rings. The van der Waals surface area contributed by atoms with Crippen molar-refractivity contribution in [3.8, 4) is 12.3 Å². The predicted molar refractivity (Wildman–Crippen MR) is 41.5 cm³/mol. The van der Waals surface area contributed by atoms with Gasteiger partial charge in [-0.3, -0.25) is 0 Å². The maximum atomic E-state index is 5.40. The van der Waals surface area contributed by atoms with Crippen molar-refractivity contribution in [1.82, 2.24) is 0 Å². The number of hydrogen-bond donors (Lipinski definition) is 0. The van der Waals surface area contributed by atoms with Crippen LogP contribution in [0.2, 0.25) is 0 Å². The van der Waals surface area contributed by atoms with Gasteiger partial charge in [0.15, 0.2) is 0 Å². The normalized spacial score (nSPS) is 23.0. The zero-order chi connectivity index (χ0) is 7.83. The smallest absolute Gasteiger partial charge is 0.0556 e. The van der Waals surface area contributed by atoms with Crippen LogP contribution < -0.4 is 0 Å². The van der Waals surface area contributed by atoms with E-state index in [2.05, 4.69) is 26.7 Å². The topological polar surface area (TPSA) is 9.23 Å². The summed E-state index contributed by atoms with van der Waals surface area (Å²) in [4.78, 5) is 0. The van der Waals surface area contributed by atoms with Gasteiger partial charge in [-0.25, -0.2) is 0 Å². The molecular formula is C9H14O. The molecule has 1 nitrogen and oxygen atoms in total. The maximum absolute atomic E-state index is 5.40. The second-order valence-corrected chi connectivity index (χ2v) is 3.82. The van der Waals surface area contributed by atoms with Crippen molar-refractivity contribution >= 4 is 0 Å². The van der Waals surface area contributed by atoms with Crippen LogP contribution in [0.1, 0.15) is 20.8 Å². The first-order chi connectivity index (χ1) is 4.52. The molecule has 0 atom stereocenters. The monoisotopic (exact) mass is 138 g/mol. The van der Waals surface area contributed by atoms with Crippen molar-refractivity contribution in [2.24, 2.45) is 10.8 Å². The molecule has 1 aliphatic rings. The second-order valence-electron chi connectivity index (χ2n) is 3.82. The van der Waals surface area contributed by atoms with Crippen LogP contribution >= 0.6 is 0 Å². The quantitative estimate of drug-likeness (QED) is 0.501. The molecule has 0 amide bonds. The highest BCUT2D eigenvalue weighted by molar-refractivity contribution is 5.11. The third-order valence-electron chi connectivity index (χ3n) is 2.71. The Balaban J connectivity index is 2.73. The van der Waals surface area contributed by atoms with Gasteiger partial charge in [0.25, 0.3) is 0 Å². The third kappa shape index (κ3) is 0.839. The van der Waals surface area contributed by atoms with E-state index in [1.54, 1.807) is 0 Å². The first kappa shape index (κ1) is 7.63. The van der Waals surface area contributed by atoms with Gasteiger partial charge in [-0.15, -0.1) is 6.42 Å². The second kappa shape index (κ2) is 2.00. The Kier molecular flexibility index (Phi) is 1.53. The van der Waals surface area contributed by atoms with Crippen molar-refractivity contribution in [3.05, 3.63) is 0 Å². The number of ether oxygens (including phenoxy) is 1. The van der Waals surface area contributed by atoms with Gasteiger partial charge in [-0.1, -0.05) is 12.8 Å². The van der Waals surface area contributed by atoms with Crippen molar-refractivity contribution in [2.75, 3.05) is 13.2 Å².